The van der Waals surface area contributed by atoms with Gasteiger partial charge in [-0.25, -0.2) is 0 Å². The molecule has 0 aromatic heterocycles. The highest BCUT2D eigenvalue weighted by Crippen LogP contribution is 2.25. The molecule has 0 fully saturated rings. The summed E-state index contributed by atoms with van der Waals surface area (Å²) >= 11 is 0. The van der Waals surface area contributed by atoms with Crippen molar-refractivity contribution in [3.05, 3.63) is 60.2 Å². The Kier molecular flexibility index (Phi) is 5.81. The minimum atomic E-state index is -1.49. The van der Waals surface area contributed by atoms with Crippen molar-refractivity contribution in [2.75, 3.05) is 6.61 Å². The third-order valence-electron chi connectivity index (χ3n) is 3.59. The van der Waals surface area contributed by atoms with Gasteiger partial charge in [0.05, 0.1) is 0 Å². The molecule has 114 valence electrons. The lowest BCUT2D eigenvalue weighted by Gasteiger charge is -2.12. The first-order valence-electron chi connectivity index (χ1n) is 7.48. The predicted molar refractivity (Wildman–Crippen MR) is 92.5 cm³/mol. The van der Waals surface area contributed by atoms with Crippen LogP contribution in [0.15, 0.2) is 60.2 Å². The second-order valence-electron chi connectivity index (χ2n) is 5.07. The number of allylic oxidation sites excluding steroid dienone is 3. The molecule has 0 aliphatic rings. The number of ether oxygens (including phenoxy) is 1. The van der Waals surface area contributed by atoms with Crippen molar-refractivity contribution >= 4 is 23.4 Å². The fourth-order valence-corrected chi connectivity index (χ4v) is 2.33. The molecule has 3 nitrogen and oxygen atoms in total. The summed E-state index contributed by atoms with van der Waals surface area (Å²) in [5, 5.41) is 20.6. The predicted octanol–water partition coefficient (Wildman–Crippen LogP) is 2.81. The molecule has 0 saturated heterocycles. The van der Waals surface area contributed by atoms with Crippen LogP contribution < -0.4 is 10.2 Å². The fourth-order valence-electron chi connectivity index (χ4n) is 2.33. The summed E-state index contributed by atoms with van der Waals surface area (Å²) in [7, 11) is -1.49. The lowest BCUT2D eigenvalue weighted by molar-refractivity contribution is 0.352. The third kappa shape index (κ3) is 3.78. The van der Waals surface area contributed by atoms with Gasteiger partial charge in [-0.15, -0.1) is 0 Å². The summed E-state index contributed by atoms with van der Waals surface area (Å²) in [4.78, 5) is 0. The SMILES string of the molecule is C/C=C\C=C(/CC)COc1cccc2c(B(O)O)cccc12. The van der Waals surface area contributed by atoms with Crippen LogP contribution in [0.5, 0.6) is 5.75 Å². The topological polar surface area (TPSA) is 49.7 Å². The maximum Gasteiger partial charge on any atom is 0.489 e. The first kappa shape index (κ1) is 16.3. The minimum absolute atomic E-state index is 0.489. The number of benzene rings is 2. The van der Waals surface area contributed by atoms with Crippen molar-refractivity contribution in [1.82, 2.24) is 0 Å². The van der Waals surface area contributed by atoms with Crippen LogP contribution >= 0.6 is 0 Å². The van der Waals surface area contributed by atoms with Crippen molar-refractivity contribution in [2.24, 2.45) is 0 Å². The van der Waals surface area contributed by atoms with Gasteiger partial charge in [0, 0.05) is 5.39 Å². The molecule has 2 N–H and O–H groups in total. The second-order valence-corrected chi connectivity index (χ2v) is 5.07. The van der Waals surface area contributed by atoms with Crippen molar-refractivity contribution in [3.63, 3.8) is 0 Å². The van der Waals surface area contributed by atoms with Crippen molar-refractivity contribution in [2.45, 2.75) is 20.3 Å². The Morgan fingerprint density at radius 1 is 1.14 bits per heavy atom. The molecule has 0 aliphatic carbocycles. The summed E-state index contributed by atoms with van der Waals surface area (Å²) in [5.74, 6) is 0.750. The molecular formula is C18H21BO3. The Hall–Kier alpha value is -2.04. The van der Waals surface area contributed by atoms with Crippen LogP contribution in [0.25, 0.3) is 10.8 Å². The number of fused-ring (bicyclic) bond motifs is 1. The first-order valence-corrected chi connectivity index (χ1v) is 7.48. The minimum Gasteiger partial charge on any atom is -0.489 e. The zero-order valence-electron chi connectivity index (χ0n) is 13.0. The molecule has 2 aromatic rings. The van der Waals surface area contributed by atoms with Crippen LogP contribution in [-0.4, -0.2) is 23.8 Å². The normalized spacial score (nSPS) is 12.1. The Morgan fingerprint density at radius 2 is 1.86 bits per heavy atom. The van der Waals surface area contributed by atoms with E-state index in [0.717, 1.165) is 22.9 Å². The third-order valence-corrected chi connectivity index (χ3v) is 3.59. The maximum absolute atomic E-state index is 9.46. The lowest BCUT2D eigenvalue weighted by Crippen LogP contribution is -2.30. The smallest absolute Gasteiger partial charge is 0.489 e. The molecule has 0 unspecified atom stereocenters. The molecule has 0 heterocycles. The maximum atomic E-state index is 9.46. The molecule has 2 aromatic carbocycles. The number of hydrogen-bond donors (Lipinski definition) is 2. The van der Waals surface area contributed by atoms with Gasteiger partial charge in [0.15, 0.2) is 0 Å². The van der Waals surface area contributed by atoms with Crippen LogP contribution in [0.3, 0.4) is 0 Å². The van der Waals surface area contributed by atoms with Gasteiger partial charge in [0.1, 0.15) is 12.4 Å². The standard InChI is InChI=1S/C18H21BO3/c1-3-5-8-14(4-2)13-22-18-12-7-9-15-16(18)10-6-11-17(15)19(20)21/h3,5-12,20-21H,4,13H2,1-2H3/b5-3-,14-8+. The molecule has 22 heavy (non-hydrogen) atoms. The van der Waals surface area contributed by atoms with Crippen molar-refractivity contribution in [3.8, 4) is 5.75 Å². The van der Waals surface area contributed by atoms with Crippen LogP contribution in [0.1, 0.15) is 20.3 Å². The fraction of sp³-hybridized carbons (Fsp3) is 0.222. The zero-order chi connectivity index (χ0) is 15.9. The van der Waals surface area contributed by atoms with Gasteiger partial charge in [-0.3, -0.25) is 0 Å². The van der Waals surface area contributed by atoms with Crippen LogP contribution in [0, 0.1) is 0 Å². The molecule has 0 amide bonds. The Balaban J connectivity index is 2.31. The van der Waals surface area contributed by atoms with Crippen LogP contribution in [-0.2, 0) is 0 Å². The van der Waals surface area contributed by atoms with Gasteiger partial charge in [-0.2, -0.15) is 0 Å². The van der Waals surface area contributed by atoms with Crippen molar-refractivity contribution < 1.29 is 14.8 Å². The summed E-state index contributed by atoms with van der Waals surface area (Å²) < 4.78 is 5.94. The van der Waals surface area contributed by atoms with E-state index in [9.17, 15) is 10.0 Å². The van der Waals surface area contributed by atoms with E-state index < -0.39 is 7.12 Å². The monoisotopic (exact) mass is 296 g/mol. The van der Waals surface area contributed by atoms with E-state index in [4.69, 9.17) is 4.74 Å². The van der Waals surface area contributed by atoms with Gasteiger partial charge in [-0.05, 0) is 35.8 Å². The van der Waals surface area contributed by atoms with Crippen molar-refractivity contribution in [1.29, 1.82) is 0 Å². The molecule has 0 aliphatic heterocycles. The Bertz CT molecular complexity index is 690. The van der Waals surface area contributed by atoms with Gasteiger partial charge < -0.3 is 14.8 Å². The van der Waals surface area contributed by atoms with E-state index in [0.29, 0.717) is 12.1 Å². The van der Waals surface area contributed by atoms with Gasteiger partial charge in [0.25, 0.3) is 0 Å². The number of hydrogen-bond acceptors (Lipinski definition) is 3. The van der Waals surface area contributed by atoms with Gasteiger partial charge in [-0.1, -0.05) is 55.5 Å². The molecule has 0 atom stereocenters. The molecule has 0 spiro atoms. The van der Waals surface area contributed by atoms with E-state index in [1.165, 1.54) is 5.57 Å². The van der Waals surface area contributed by atoms with Crippen LogP contribution in [0.4, 0.5) is 0 Å². The summed E-state index contributed by atoms with van der Waals surface area (Å²) in [6, 6.07) is 11.1. The van der Waals surface area contributed by atoms with Crippen LogP contribution in [0.2, 0.25) is 0 Å². The Morgan fingerprint density at radius 3 is 2.55 bits per heavy atom. The average molecular weight is 296 g/mol. The van der Waals surface area contributed by atoms with E-state index in [1.807, 2.05) is 43.3 Å². The van der Waals surface area contributed by atoms with E-state index in [-0.39, 0.29) is 0 Å². The summed E-state index contributed by atoms with van der Waals surface area (Å²) in [6.45, 7) is 4.60. The number of rotatable bonds is 6. The molecule has 0 bridgehead atoms. The molecule has 0 radical (unpaired) electrons. The average Bonchev–Trinajstić information content (AvgIpc) is 2.54. The molecule has 2 rings (SSSR count). The highest BCUT2D eigenvalue weighted by atomic mass is 16.5. The lowest BCUT2D eigenvalue weighted by atomic mass is 9.77. The van der Waals surface area contributed by atoms with E-state index in [1.54, 1.807) is 12.1 Å². The quantitative estimate of drug-likeness (QED) is 0.636. The van der Waals surface area contributed by atoms with Gasteiger partial charge in [0.2, 0.25) is 0 Å². The highest BCUT2D eigenvalue weighted by molar-refractivity contribution is 6.62. The van der Waals surface area contributed by atoms with E-state index in [2.05, 4.69) is 13.0 Å². The summed E-state index contributed by atoms with van der Waals surface area (Å²) in [6.07, 6.45) is 6.98. The molecule has 0 saturated carbocycles. The second kappa shape index (κ2) is 7.83. The zero-order valence-corrected chi connectivity index (χ0v) is 13.0. The van der Waals surface area contributed by atoms with Gasteiger partial charge >= 0.3 is 7.12 Å². The largest absolute Gasteiger partial charge is 0.489 e. The molecule has 4 heteroatoms. The Labute approximate surface area is 131 Å². The highest BCUT2D eigenvalue weighted by Gasteiger charge is 2.15. The first-order chi connectivity index (χ1) is 10.7. The van der Waals surface area contributed by atoms with E-state index >= 15 is 0 Å². The summed E-state index contributed by atoms with van der Waals surface area (Å²) in [5.41, 5.74) is 1.69. The molecular weight excluding hydrogens is 275 g/mol.